The van der Waals surface area contributed by atoms with Crippen molar-refractivity contribution in [2.24, 2.45) is 23.7 Å². The SMILES string of the molecule is C=C(C)C(C)CCC(=C)C(C)CC[C@]1(C)O[C@H]1CC[C@@H]1O[C@@]1(C)CCC(C)C(=C)CCC(C)C(=C)C. The van der Waals surface area contributed by atoms with Gasteiger partial charge in [-0.25, -0.2) is 0 Å². The minimum Gasteiger partial charge on any atom is -0.366 e. The van der Waals surface area contributed by atoms with Gasteiger partial charge in [-0.15, -0.1) is 0 Å². The molecule has 0 aromatic carbocycles. The number of hydrogen-bond donors (Lipinski definition) is 0. The molecule has 2 aliphatic heterocycles. The fourth-order valence-electron chi connectivity index (χ4n) is 5.26. The van der Waals surface area contributed by atoms with Crippen molar-refractivity contribution in [3.8, 4) is 0 Å². The second-order valence-electron chi connectivity index (χ2n) is 13.2. The number of allylic oxidation sites excluding steroid dienone is 4. The molecular formula is C34H58O2. The Bertz CT molecular complexity index is 727. The van der Waals surface area contributed by atoms with Crippen LogP contribution in [0.15, 0.2) is 48.6 Å². The van der Waals surface area contributed by atoms with Crippen LogP contribution in [0, 0.1) is 23.7 Å². The molecule has 4 unspecified atom stereocenters. The van der Waals surface area contributed by atoms with Crippen LogP contribution in [0.4, 0.5) is 0 Å². The minimum atomic E-state index is 0.0536. The summed E-state index contributed by atoms with van der Waals surface area (Å²) in [6.07, 6.45) is 12.1. The summed E-state index contributed by atoms with van der Waals surface area (Å²) in [6, 6.07) is 0. The highest BCUT2D eigenvalue weighted by Gasteiger charge is 2.55. The summed E-state index contributed by atoms with van der Waals surface area (Å²) in [4.78, 5) is 0. The Kier molecular flexibility index (Phi) is 11.3. The summed E-state index contributed by atoms with van der Waals surface area (Å²) in [5.41, 5.74) is 5.42. The van der Waals surface area contributed by atoms with E-state index >= 15 is 0 Å². The van der Waals surface area contributed by atoms with Crippen molar-refractivity contribution in [2.75, 3.05) is 0 Å². The smallest absolute Gasteiger partial charge is 0.0920 e. The lowest BCUT2D eigenvalue weighted by Gasteiger charge is -2.18. The zero-order valence-electron chi connectivity index (χ0n) is 25.2. The Labute approximate surface area is 224 Å². The molecule has 0 bridgehead atoms. The van der Waals surface area contributed by atoms with Gasteiger partial charge in [0, 0.05) is 0 Å². The summed E-state index contributed by atoms with van der Waals surface area (Å²) in [7, 11) is 0. The molecule has 2 heteroatoms. The Morgan fingerprint density at radius 2 is 0.944 bits per heavy atom. The van der Waals surface area contributed by atoms with Gasteiger partial charge < -0.3 is 9.47 Å². The molecule has 0 amide bonds. The third kappa shape index (κ3) is 9.32. The molecule has 2 heterocycles. The lowest BCUT2D eigenvalue weighted by molar-refractivity contribution is 0.274. The summed E-state index contributed by atoms with van der Waals surface area (Å²) >= 11 is 0. The van der Waals surface area contributed by atoms with Crippen molar-refractivity contribution >= 4 is 0 Å². The van der Waals surface area contributed by atoms with E-state index in [-0.39, 0.29) is 11.2 Å². The number of hydrogen-bond acceptors (Lipinski definition) is 2. The minimum absolute atomic E-state index is 0.0536. The topological polar surface area (TPSA) is 25.1 Å². The Morgan fingerprint density at radius 3 is 1.25 bits per heavy atom. The van der Waals surface area contributed by atoms with Crippen LogP contribution in [0.25, 0.3) is 0 Å². The van der Waals surface area contributed by atoms with E-state index in [1.807, 2.05) is 0 Å². The van der Waals surface area contributed by atoms with Crippen molar-refractivity contribution in [3.05, 3.63) is 48.6 Å². The molecule has 36 heavy (non-hydrogen) atoms. The van der Waals surface area contributed by atoms with Gasteiger partial charge in [-0.1, -0.05) is 76.3 Å². The van der Waals surface area contributed by atoms with Crippen molar-refractivity contribution in [3.63, 3.8) is 0 Å². The van der Waals surface area contributed by atoms with Crippen LogP contribution in [-0.4, -0.2) is 23.4 Å². The predicted octanol–water partition coefficient (Wildman–Crippen LogP) is 10.0. The molecule has 2 aliphatic rings. The quantitative estimate of drug-likeness (QED) is 0.131. The molecule has 2 saturated heterocycles. The zero-order chi connectivity index (χ0) is 27.3. The largest absolute Gasteiger partial charge is 0.366 e. The first kappa shape index (κ1) is 31.1. The van der Waals surface area contributed by atoms with Gasteiger partial charge in [0.2, 0.25) is 0 Å². The average Bonchev–Trinajstić information content (AvgIpc) is 3.69. The summed E-state index contributed by atoms with van der Waals surface area (Å²) in [5, 5.41) is 0. The molecule has 0 aliphatic carbocycles. The second kappa shape index (κ2) is 13.1. The van der Waals surface area contributed by atoms with Crippen LogP contribution in [0.2, 0.25) is 0 Å². The van der Waals surface area contributed by atoms with E-state index in [0.29, 0.717) is 35.9 Å². The van der Waals surface area contributed by atoms with E-state index in [1.165, 1.54) is 22.3 Å². The molecule has 8 atom stereocenters. The molecule has 206 valence electrons. The Morgan fingerprint density at radius 1 is 0.611 bits per heavy atom. The molecule has 0 saturated carbocycles. The van der Waals surface area contributed by atoms with Crippen molar-refractivity contribution < 1.29 is 9.47 Å². The Balaban J connectivity index is 1.62. The summed E-state index contributed by atoms with van der Waals surface area (Å²) < 4.78 is 12.4. The molecule has 0 N–H and O–H groups in total. The predicted molar refractivity (Wildman–Crippen MR) is 157 cm³/mol. The number of rotatable bonds is 19. The molecule has 0 aromatic rings. The number of ether oxygens (including phenoxy) is 2. The molecule has 2 rings (SSSR count). The van der Waals surface area contributed by atoms with E-state index in [2.05, 4.69) is 81.7 Å². The first-order valence-corrected chi connectivity index (χ1v) is 14.7. The fourth-order valence-corrected chi connectivity index (χ4v) is 5.26. The van der Waals surface area contributed by atoms with Gasteiger partial charge in [-0.05, 0) is 116 Å². The molecule has 2 fully saturated rings. The van der Waals surface area contributed by atoms with Crippen LogP contribution in [0.1, 0.15) is 120 Å². The molecular weight excluding hydrogens is 440 g/mol. The van der Waals surface area contributed by atoms with Crippen LogP contribution in [0.3, 0.4) is 0 Å². The molecule has 0 radical (unpaired) electrons. The third-order valence-corrected chi connectivity index (χ3v) is 9.78. The average molecular weight is 499 g/mol. The standard InChI is InChI=1S/C34H58O2/c1-23(2)25(5)13-15-27(7)29(9)19-21-33(11)31(35-33)17-18-32-34(12,36-32)22-20-30(10)28(8)16-14-26(6)24(3)4/h25-26,29-32H,1,3,7-8,13-22H2,2,4-6,9-12H3/t25?,26?,29?,30?,31-,32-,33-,34-/m0/s1. The molecule has 0 spiro atoms. The normalized spacial score (nSPS) is 30.2. The van der Waals surface area contributed by atoms with E-state index in [4.69, 9.17) is 9.47 Å². The maximum atomic E-state index is 6.19. The van der Waals surface area contributed by atoms with Gasteiger partial charge in [-0.3, -0.25) is 0 Å². The molecule has 2 nitrogen and oxygen atoms in total. The summed E-state index contributed by atoms with van der Waals surface area (Å²) in [6.45, 7) is 35.0. The lowest BCUT2D eigenvalue weighted by Crippen LogP contribution is -2.15. The first-order valence-electron chi connectivity index (χ1n) is 14.7. The van der Waals surface area contributed by atoms with E-state index in [9.17, 15) is 0 Å². The monoisotopic (exact) mass is 498 g/mol. The summed E-state index contributed by atoms with van der Waals surface area (Å²) in [5.74, 6) is 2.27. The van der Waals surface area contributed by atoms with Gasteiger partial charge in [0.05, 0.1) is 23.4 Å². The van der Waals surface area contributed by atoms with Crippen LogP contribution >= 0.6 is 0 Å². The maximum Gasteiger partial charge on any atom is 0.0920 e. The lowest BCUT2D eigenvalue weighted by atomic mass is 9.86. The highest BCUT2D eigenvalue weighted by Crippen LogP contribution is 2.49. The number of epoxide rings is 2. The highest BCUT2D eigenvalue weighted by molar-refractivity contribution is 5.08. The molecule has 0 aromatic heterocycles. The van der Waals surface area contributed by atoms with Gasteiger partial charge >= 0.3 is 0 Å². The van der Waals surface area contributed by atoms with Crippen molar-refractivity contribution in [1.82, 2.24) is 0 Å². The van der Waals surface area contributed by atoms with Gasteiger partial charge in [0.1, 0.15) is 0 Å². The Hall–Kier alpha value is -1.12. The van der Waals surface area contributed by atoms with Gasteiger partial charge in [0.15, 0.2) is 0 Å². The van der Waals surface area contributed by atoms with E-state index in [1.54, 1.807) is 0 Å². The van der Waals surface area contributed by atoms with E-state index < -0.39 is 0 Å². The first-order chi connectivity index (χ1) is 16.7. The van der Waals surface area contributed by atoms with Crippen molar-refractivity contribution in [1.29, 1.82) is 0 Å². The van der Waals surface area contributed by atoms with Crippen LogP contribution in [0.5, 0.6) is 0 Å². The second-order valence-corrected chi connectivity index (χ2v) is 13.2. The maximum absolute atomic E-state index is 6.19. The van der Waals surface area contributed by atoms with Crippen molar-refractivity contribution in [2.45, 2.75) is 143 Å². The zero-order valence-corrected chi connectivity index (χ0v) is 25.2. The highest BCUT2D eigenvalue weighted by atomic mass is 16.6. The van der Waals surface area contributed by atoms with Crippen LogP contribution < -0.4 is 0 Å². The third-order valence-electron chi connectivity index (χ3n) is 9.78. The fraction of sp³-hybridized carbons (Fsp3) is 0.765. The van der Waals surface area contributed by atoms with E-state index in [0.717, 1.165) is 64.2 Å². The van der Waals surface area contributed by atoms with Gasteiger partial charge in [0.25, 0.3) is 0 Å². The van der Waals surface area contributed by atoms with Crippen LogP contribution in [-0.2, 0) is 9.47 Å². The van der Waals surface area contributed by atoms with Gasteiger partial charge in [-0.2, -0.15) is 0 Å².